The van der Waals surface area contributed by atoms with E-state index in [4.69, 9.17) is 10.5 Å². The molecule has 3 heterocycles. The highest BCUT2D eigenvalue weighted by Gasteiger charge is 2.20. The molecule has 174 valence electrons. The Morgan fingerprint density at radius 3 is 2.71 bits per heavy atom. The molecule has 3 N–H and O–H groups in total. The van der Waals surface area contributed by atoms with Gasteiger partial charge in [-0.1, -0.05) is 30.3 Å². The number of aromatic nitrogens is 3. The zero-order valence-electron chi connectivity index (χ0n) is 18.7. The van der Waals surface area contributed by atoms with Crippen LogP contribution in [0.2, 0.25) is 0 Å². The van der Waals surface area contributed by atoms with E-state index in [1.165, 1.54) is 4.90 Å². The number of fused-ring (bicyclic) bond motifs is 1. The Hall–Kier alpha value is -4.27. The molecule has 0 spiro atoms. The lowest BCUT2D eigenvalue weighted by molar-refractivity contribution is 0.148. The van der Waals surface area contributed by atoms with Crippen LogP contribution >= 0.6 is 0 Å². The zero-order valence-corrected chi connectivity index (χ0v) is 18.7. The average Bonchev–Trinajstić information content (AvgIpc) is 3.03. The molecule has 1 aliphatic heterocycles. The highest BCUT2D eigenvalue weighted by Crippen LogP contribution is 2.29. The summed E-state index contributed by atoms with van der Waals surface area (Å²) in [6.45, 7) is 2.76. The number of ether oxygens (including phenoxy) is 1. The molecule has 4 aromatic rings. The Labute approximate surface area is 197 Å². The number of benzene rings is 2. The Morgan fingerprint density at radius 2 is 1.88 bits per heavy atom. The van der Waals surface area contributed by atoms with Crippen molar-refractivity contribution in [3.63, 3.8) is 0 Å². The van der Waals surface area contributed by atoms with Gasteiger partial charge in [0.15, 0.2) is 5.82 Å². The van der Waals surface area contributed by atoms with Gasteiger partial charge in [-0.15, -0.1) is 5.10 Å². The van der Waals surface area contributed by atoms with Crippen molar-refractivity contribution in [2.45, 2.75) is 13.0 Å². The molecule has 5 rings (SSSR count). The van der Waals surface area contributed by atoms with Crippen molar-refractivity contribution in [2.75, 3.05) is 36.8 Å². The minimum atomic E-state index is -0.882. The van der Waals surface area contributed by atoms with Crippen molar-refractivity contribution < 1.29 is 14.6 Å². The maximum absolute atomic E-state index is 11.3. The van der Waals surface area contributed by atoms with Gasteiger partial charge in [0.1, 0.15) is 18.2 Å². The molecule has 0 unspecified atom stereocenters. The molecular weight excluding hydrogens is 432 g/mol. The third-order valence-electron chi connectivity index (χ3n) is 5.99. The fourth-order valence-corrected chi connectivity index (χ4v) is 4.20. The Morgan fingerprint density at radius 1 is 1.03 bits per heavy atom. The number of carbonyl (C=O) groups is 1. The Balaban J connectivity index is 1.42. The lowest BCUT2D eigenvalue weighted by atomic mass is 10.2. The molecule has 1 saturated heterocycles. The van der Waals surface area contributed by atoms with Crippen LogP contribution in [-0.2, 0) is 6.61 Å². The summed E-state index contributed by atoms with van der Waals surface area (Å²) in [7, 11) is 0. The van der Waals surface area contributed by atoms with Crippen LogP contribution in [0.15, 0.2) is 66.9 Å². The van der Waals surface area contributed by atoms with Crippen LogP contribution in [0.3, 0.4) is 0 Å². The molecule has 0 saturated carbocycles. The number of hydrogen-bond acceptors (Lipinski definition) is 6. The van der Waals surface area contributed by atoms with Crippen molar-refractivity contribution in [2.24, 2.45) is 0 Å². The molecule has 0 atom stereocenters. The first-order chi connectivity index (χ1) is 16.6. The van der Waals surface area contributed by atoms with Gasteiger partial charge in [0.2, 0.25) is 0 Å². The minimum Gasteiger partial charge on any atom is -0.489 e. The predicted octanol–water partition coefficient (Wildman–Crippen LogP) is 3.77. The highest BCUT2D eigenvalue weighted by molar-refractivity contribution is 5.91. The molecule has 1 fully saturated rings. The first-order valence-corrected chi connectivity index (χ1v) is 11.2. The maximum atomic E-state index is 11.3. The summed E-state index contributed by atoms with van der Waals surface area (Å²) >= 11 is 0. The predicted molar refractivity (Wildman–Crippen MR) is 130 cm³/mol. The summed E-state index contributed by atoms with van der Waals surface area (Å²) in [5, 5.41) is 14.7. The fraction of sp³-hybridized carbons (Fsp3) is 0.240. The van der Waals surface area contributed by atoms with Crippen LogP contribution in [0.4, 0.5) is 16.4 Å². The van der Waals surface area contributed by atoms with E-state index in [0.29, 0.717) is 32.1 Å². The van der Waals surface area contributed by atoms with Crippen LogP contribution in [-0.4, -0.2) is 57.0 Å². The molecule has 1 amide bonds. The van der Waals surface area contributed by atoms with E-state index in [2.05, 4.69) is 15.0 Å². The molecule has 34 heavy (non-hydrogen) atoms. The molecule has 0 aliphatic carbocycles. The number of pyridine rings is 1. The largest absolute Gasteiger partial charge is 0.489 e. The van der Waals surface area contributed by atoms with E-state index in [-0.39, 0.29) is 0 Å². The third kappa shape index (κ3) is 4.45. The molecule has 1 aliphatic rings. The number of anilines is 2. The van der Waals surface area contributed by atoms with E-state index >= 15 is 0 Å². The van der Waals surface area contributed by atoms with Crippen LogP contribution < -0.4 is 15.4 Å². The molecular formula is C25H26N6O3. The quantitative estimate of drug-likeness (QED) is 0.468. The number of nitrogens with zero attached hydrogens (tertiary/aromatic N) is 5. The van der Waals surface area contributed by atoms with E-state index in [1.807, 2.05) is 60.7 Å². The molecule has 0 radical (unpaired) electrons. The lowest BCUT2D eigenvalue weighted by Gasteiger charge is -2.22. The van der Waals surface area contributed by atoms with Gasteiger partial charge in [0.05, 0.1) is 11.2 Å². The first kappa shape index (κ1) is 21.6. The standard InChI is InChI=1S/C25H26N6O3/c26-24-21-8-7-20(34-17-18-5-2-1-3-6-18)16-22(21)31(28-24)19-9-10-27-23(15-19)29-11-4-12-30(14-13-29)25(32)33/h1-3,5-10,15-16H,4,11-14,17H2,(H2,26,28)(H,32,33). The number of carboxylic acid groups (broad SMARTS) is 1. The van der Waals surface area contributed by atoms with Crippen molar-refractivity contribution in [1.82, 2.24) is 19.7 Å². The average molecular weight is 459 g/mol. The first-order valence-electron chi connectivity index (χ1n) is 11.2. The van der Waals surface area contributed by atoms with Gasteiger partial charge in [-0.05, 0) is 30.2 Å². The second kappa shape index (κ2) is 9.30. The van der Waals surface area contributed by atoms with Gasteiger partial charge in [0, 0.05) is 49.9 Å². The summed E-state index contributed by atoms with van der Waals surface area (Å²) < 4.78 is 7.81. The number of rotatable bonds is 5. The molecule has 0 bridgehead atoms. The lowest BCUT2D eigenvalue weighted by Crippen LogP contribution is -2.34. The fourth-order valence-electron chi connectivity index (χ4n) is 4.20. The zero-order chi connectivity index (χ0) is 23.5. The minimum absolute atomic E-state index is 0.440. The molecule has 9 heteroatoms. The monoisotopic (exact) mass is 458 g/mol. The normalized spacial score (nSPS) is 14.2. The Bertz CT molecular complexity index is 1310. The summed E-state index contributed by atoms with van der Waals surface area (Å²) in [5.41, 5.74) is 8.97. The second-order valence-electron chi connectivity index (χ2n) is 8.23. The van der Waals surface area contributed by atoms with E-state index < -0.39 is 6.09 Å². The topological polar surface area (TPSA) is 110 Å². The van der Waals surface area contributed by atoms with Crippen molar-refractivity contribution >= 4 is 28.6 Å². The van der Waals surface area contributed by atoms with Crippen molar-refractivity contribution in [3.8, 4) is 11.4 Å². The highest BCUT2D eigenvalue weighted by atomic mass is 16.5. The summed E-state index contributed by atoms with van der Waals surface area (Å²) in [4.78, 5) is 19.4. The summed E-state index contributed by atoms with van der Waals surface area (Å²) in [6.07, 6.45) is 1.61. The number of amides is 1. The SMILES string of the molecule is Nc1nn(-c2ccnc(N3CCCN(C(=O)O)CC3)c2)c2cc(OCc3ccccc3)ccc12. The Kier molecular flexibility index (Phi) is 5.90. The second-order valence-corrected chi connectivity index (χ2v) is 8.23. The number of nitrogens with two attached hydrogens (primary N) is 1. The van der Waals surface area contributed by atoms with E-state index in [0.717, 1.165) is 46.7 Å². The molecule has 2 aromatic carbocycles. The van der Waals surface area contributed by atoms with Gasteiger partial charge in [-0.25, -0.2) is 14.5 Å². The van der Waals surface area contributed by atoms with E-state index in [9.17, 15) is 9.90 Å². The van der Waals surface area contributed by atoms with Crippen molar-refractivity contribution in [1.29, 1.82) is 0 Å². The number of nitrogen functional groups attached to an aromatic ring is 1. The summed E-state index contributed by atoms with van der Waals surface area (Å²) in [5.74, 6) is 1.95. The summed E-state index contributed by atoms with van der Waals surface area (Å²) in [6, 6.07) is 19.6. The van der Waals surface area contributed by atoms with Gasteiger partial charge in [0.25, 0.3) is 0 Å². The van der Waals surface area contributed by atoms with E-state index in [1.54, 1.807) is 10.9 Å². The number of hydrogen-bond donors (Lipinski definition) is 2. The molecule has 2 aromatic heterocycles. The van der Waals surface area contributed by atoms with Crippen molar-refractivity contribution in [3.05, 3.63) is 72.4 Å². The van der Waals surface area contributed by atoms with Gasteiger partial charge in [-0.2, -0.15) is 0 Å². The van der Waals surface area contributed by atoms with Gasteiger partial charge >= 0.3 is 6.09 Å². The van der Waals surface area contributed by atoms with Gasteiger partial charge in [-0.3, -0.25) is 0 Å². The third-order valence-corrected chi connectivity index (χ3v) is 5.99. The van der Waals surface area contributed by atoms with Crippen LogP contribution in [0.5, 0.6) is 5.75 Å². The smallest absolute Gasteiger partial charge is 0.407 e. The van der Waals surface area contributed by atoms with Crippen LogP contribution in [0, 0.1) is 0 Å². The molecule has 9 nitrogen and oxygen atoms in total. The van der Waals surface area contributed by atoms with Crippen LogP contribution in [0.25, 0.3) is 16.6 Å². The van der Waals surface area contributed by atoms with Gasteiger partial charge < -0.3 is 25.4 Å². The van der Waals surface area contributed by atoms with Crippen LogP contribution in [0.1, 0.15) is 12.0 Å². The maximum Gasteiger partial charge on any atom is 0.407 e.